The van der Waals surface area contributed by atoms with Crippen molar-refractivity contribution < 1.29 is 14.6 Å². The van der Waals surface area contributed by atoms with Crippen LogP contribution in [0.15, 0.2) is 101 Å². The smallest absolute Gasteiger partial charge is 0.331 e. The van der Waals surface area contributed by atoms with Crippen molar-refractivity contribution in [1.29, 1.82) is 0 Å². The molecule has 2 fully saturated rings. The van der Waals surface area contributed by atoms with Crippen molar-refractivity contribution in [2.45, 2.75) is 70.8 Å². The van der Waals surface area contributed by atoms with Gasteiger partial charge in [0.25, 0.3) is 0 Å². The Hall–Kier alpha value is -3.93. The molecule has 210 valence electrons. The molecule has 1 saturated heterocycles. The predicted molar refractivity (Wildman–Crippen MR) is 162 cm³/mol. The highest BCUT2D eigenvalue weighted by Crippen LogP contribution is 2.36. The van der Waals surface area contributed by atoms with Gasteiger partial charge in [0, 0.05) is 42.0 Å². The summed E-state index contributed by atoms with van der Waals surface area (Å²) in [5.74, 6) is 1.05. The molecule has 6 nitrogen and oxygen atoms in total. The second kappa shape index (κ2) is 13.4. The van der Waals surface area contributed by atoms with Gasteiger partial charge in [-0.05, 0) is 93.0 Å². The lowest BCUT2D eigenvalue weighted by molar-refractivity contribution is -0.132. The second-order valence-corrected chi connectivity index (χ2v) is 10.9. The van der Waals surface area contributed by atoms with E-state index in [2.05, 4.69) is 64.9 Å². The van der Waals surface area contributed by atoms with Crippen LogP contribution >= 0.6 is 0 Å². The zero-order valence-electron chi connectivity index (χ0n) is 23.5. The van der Waals surface area contributed by atoms with Gasteiger partial charge in [0.2, 0.25) is 0 Å². The molecule has 3 aliphatic rings. The van der Waals surface area contributed by atoms with Gasteiger partial charge in [0.1, 0.15) is 12.4 Å². The molecule has 1 aliphatic heterocycles. The lowest BCUT2D eigenvalue weighted by Crippen LogP contribution is -2.35. The molecule has 2 aromatic carbocycles. The molecule has 1 unspecified atom stereocenters. The van der Waals surface area contributed by atoms with Crippen LogP contribution in [0.1, 0.15) is 63.9 Å². The van der Waals surface area contributed by atoms with Crippen molar-refractivity contribution in [3.05, 3.63) is 107 Å². The van der Waals surface area contributed by atoms with Crippen LogP contribution in [0.5, 0.6) is 0 Å². The number of ether oxygens (including phenoxy) is 1. The summed E-state index contributed by atoms with van der Waals surface area (Å²) in [6.07, 6.45) is 14.8. The molecule has 1 heterocycles. The maximum atomic E-state index is 11.2. The highest BCUT2D eigenvalue weighted by Gasteiger charge is 2.30. The average molecular weight is 540 g/mol. The van der Waals surface area contributed by atoms with Crippen molar-refractivity contribution in [3.63, 3.8) is 0 Å². The lowest BCUT2D eigenvalue weighted by atomic mass is 9.88. The number of carboxylic acid groups (broad SMARTS) is 1. The van der Waals surface area contributed by atoms with Gasteiger partial charge in [-0.3, -0.25) is 0 Å². The first kappa shape index (κ1) is 27.6. The third-order valence-corrected chi connectivity index (χ3v) is 8.00. The SMILES string of the molecule is CC/C=C(\Nc1ccccc1)Nc1ccc(CC(=C2CCC2)N2CCCC2COC2=CC=C(C(=O)O)CC2)cc1. The molecule has 3 N–H and O–H groups in total. The van der Waals surface area contributed by atoms with Crippen molar-refractivity contribution in [2.24, 2.45) is 0 Å². The summed E-state index contributed by atoms with van der Waals surface area (Å²) in [5.41, 5.74) is 7.00. The molecule has 2 aromatic rings. The standard InChI is InChI=1S/C34H41N3O3/c1-2-8-33(35-28-11-4-3-5-12-28)36-29-18-14-25(15-19-29)23-32(26-9-6-10-26)37-22-7-13-30(37)24-40-31-20-16-27(17-21-31)34(38)39/h3-5,8,11-12,14-16,18-20,30,35-36H,2,6-7,9-10,13,17,21-24H2,1H3,(H,38,39)/b33-8+. The molecular weight excluding hydrogens is 498 g/mol. The number of carbonyl (C=O) groups is 1. The minimum absolute atomic E-state index is 0.362. The second-order valence-electron chi connectivity index (χ2n) is 10.9. The van der Waals surface area contributed by atoms with Gasteiger partial charge in [-0.1, -0.05) is 42.8 Å². The predicted octanol–water partition coefficient (Wildman–Crippen LogP) is 7.61. The van der Waals surface area contributed by atoms with Crippen LogP contribution in [-0.4, -0.2) is 35.2 Å². The number of hydrogen-bond donors (Lipinski definition) is 3. The summed E-state index contributed by atoms with van der Waals surface area (Å²) in [5, 5.41) is 16.2. The molecule has 6 heteroatoms. The van der Waals surface area contributed by atoms with Gasteiger partial charge in [-0.15, -0.1) is 0 Å². The molecule has 0 bridgehead atoms. The Labute approximate surface area is 238 Å². The molecule has 2 aliphatic carbocycles. The number of aliphatic carboxylic acids is 1. The topological polar surface area (TPSA) is 73.8 Å². The Morgan fingerprint density at radius 2 is 1.73 bits per heavy atom. The lowest BCUT2D eigenvalue weighted by Gasteiger charge is -2.34. The highest BCUT2D eigenvalue weighted by molar-refractivity contribution is 5.87. The zero-order valence-corrected chi connectivity index (χ0v) is 23.5. The van der Waals surface area contributed by atoms with Crippen molar-refractivity contribution in [3.8, 4) is 0 Å². The Morgan fingerprint density at radius 3 is 2.35 bits per heavy atom. The molecule has 0 spiro atoms. The monoisotopic (exact) mass is 539 g/mol. The fourth-order valence-electron chi connectivity index (χ4n) is 5.63. The van der Waals surface area contributed by atoms with Crippen LogP contribution in [0.25, 0.3) is 0 Å². The molecule has 0 amide bonds. The Kier molecular flexibility index (Phi) is 9.27. The van der Waals surface area contributed by atoms with Gasteiger partial charge in [0.15, 0.2) is 0 Å². The number of benzene rings is 2. The quantitative estimate of drug-likeness (QED) is 0.258. The number of carboxylic acids is 1. The zero-order chi connectivity index (χ0) is 27.7. The van der Waals surface area contributed by atoms with Crippen LogP contribution in [-0.2, 0) is 16.0 Å². The van der Waals surface area contributed by atoms with Crippen LogP contribution in [0.3, 0.4) is 0 Å². The van der Waals surface area contributed by atoms with Crippen LogP contribution < -0.4 is 10.6 Å². The molecule has 1 atom stereocenters. The highest BCUT2D eigenvalue weighted by atomic mass is 16.5. The van der Waals surface area contributed by atoms with E-state index in [1.165, 1.54) is 36.9 Å². The maximum Gasteiger partial charge on any atom is 0.331 e. The Bertz CT molecular complexity index is 1290. The van der Waals surface area contributed by atoms with Crippen molar-refractivity contribution >= 4 is 17.3 Å². The van der Waals surface area contributed by atoms with E-state index in [0.29, 0.717) is 31.1 Å². The summed E-state index contributed by atoms with van der Waals surface area (Å²) in [4.78, 5) is 13.8. The summed E-state index contributed by atoms with van der Waals surface area (Å²) >= 11 is 0. The number of allylic oxidation sites excluding steroid dienone is 6. The molecule has 1 saturated carbocycles. The van der Waals surface area contributed by atoms with Gasteiger partial charge in [-0.2, -0.15) is 0 Å². The summed E-state index contributed by atoms with van der Waals surface area (Å²) in [6, 6.07) is 19.4. The number of para-hydroxylation sites is 1. The maximum absolute atomic E-state index is 11.2. The van der Waals surface area contributed by atoms with E-state index in [1.54, 1.807) is 11.6 Å². The van der Waals surface area contributed by atoms with Crippen LogP contribution in [0.4, 0.5) is 11.4 Å². The van der Waals surface area contributed by atoms with E-state index in [1.807, 2.05) is 24.3 Å². The van der Waals surface area contributed by atoms with E-state index >= 15 is 0 Å². The number of rotatable bonds is 12. The largest absolute Gasteiger partial charge is 0.496 e. The van der Waals surface area contributed by atoms with Gasteiger partial charge < -0.3 is 25.4 Å². The first-order chi connectivity index (χ1) is 19.6. The van der Waals surface area contributed by atoms with Crippen LogP contribution in [0, 0.1) is 0 Å². The molecular formula is C34H41N3O3. The first-order valence-electron chi connectivity index (χ1n) is 14.7. The number of nitrogens with one attached hydrogen (secondary N) is 2. The van der Waals surface area contributed by atoms with Crippen molar-refractivity contribution in [1.82, 2.24) is 4.90 Å². The number of likely N-dealkylation sites (tertiary alicyclic amines) is 1. The molecule has 0 radical (unpaired) electrons. The summed E-state index contributed by atoms with van der Waals surface area (Å²) < 4.78 is 6.21. The summed E-state index contributed by atoms with van der Waals surface area (Å²) in [6.45, 7) is 3.87. The molecule has 40 heavy (non-hydrogen) atoms. The van der Waals surface area contributed by atoms with Gasteiger partial charge in [0.05, 0.1) is 11.8 Å². The van der Waals surface area contributed by atoms with Gasteiger partial charge in [-0.25, -0.2) is 4.79 Å². The Morgan fingerprint density at radius 1 is 0.975 bits per heavy atom. The van der Waals surface area contributed by atoms with E-state index in [-0.39, 0.29) is 0 Å². The average Bonchev–Trinajstić information content (AvgIpc) is 3.41. The third kappa shape index (κ3) is 7.17. The Balaban J connectivity index is 1.22. The third-order valence-electron chi connectivity index (χ3n) is 8.00. The molecule has 0 aromatic heterocycles. The minimum Gasteiger partial charge on any atom is -0.496 e. The van der Waals surface area contributed by atoms with E-state index in [4.69, 9.17) is 4.74 Å². The number of nitrogens with zero attached hydrogens (tertiary/aromatic N) is 1. The van der Waals surface area contributed by atoms with E-state index < -0.39 is 5.97 Å². The normalized spacial score (nSPS) is 18.9. The number of hydrogen-bond acceptors (Lipinski definition) is 5. The fraction of sp³-hybridized carbons (Fsp3) is 0.382. The van der Waals surface area contributed by atoms with E-state index in [0.717, 1.165) is 48.8 Å². The first-order valence-corrected chi connectivity index (χ1v) is 14.7. The summed E-state index contributed by atoms with van der Waals surface area (Å²) in [7, 11) is 0. The van der Waals surface area contributed by atoms with Crippen LogP contribution in [0.2, 0.25) is 0 Å². The van der Waals surface area contributed by atoms with Crippen molar-refractivity contribution in [2.75, 3.05) is 23.8 Å². The number of anilines is 2. The van der Waals surface area contributed by atoms with Gasteiger partial charge >= 0.3 is 5.97 Å². The van der Waals surface area contributed by atoms with E-state index in [9.17, 15) is 9.90 Å². The molecule has 5 rings (SSSR count). The minimum atomic E-state index is -0.834. The fourth-order valence-corrected chi connectivity index (χ4v) is 5.63.